The fourth-order valence-electron chi connectivity index (χ4n) is 2.89. The molecule has 0 aromatic heterocycles. The van der Waals surface area contributed by atoms with Crippen molar-refractivity contribution in [1.82, 2.24) is 9.44 Å². The van der Waals surface area contributed by atoms with E-state index in [1.165, 1.54) is 24.3 Å². The standard InChI is InChI=1S/C20H28N2O10S4/c1-15-5-9-17(10-6-15)35(27,28)21-13-19(31-33(3,23)24)20(32-34(4,25)26)14-22-36(29,30)18-11-7-16(2)8-12-18/h5-12,19-22H,13-14H2,1-4H3/t19-,20-/m1/s1. The lowest BCUT2D eigenvalue weighted by molar-refractivity contribution is 0.0704. The zero-order valence-corrected chi connectivity index (χ0v) is 23.2. The molecule has 2 N–H and O–H groups in total. The summed E-state index contributed by atoms with van der Waals surface area (Å²) in [5.74, 6) is 0. The molecule has 0 amide bonds. The minimum absolute atomic E-state index is 0.133. The first-order chi connectivity index (χ1) is 16.4. The largest absolute Gasteiger partial charge is 0.264 e. The van der Waals surface area contributed by atoms with Gasteiger partial charge in [-0.2, -0.15) is 16.8 Å². The number of sulfonamides is 2. The van der Waals surface area contributed by atoms with Crippen molar-refractivity contribution in [3.63, 3.8) is 0 Å². The molecule has 0 radical (unpaired) electrons. The number of aryl methyl sites for hydroxylation is 2. The van der Waals surface area contributed by atoms with Crippen molar-refractivity contribution in [1.29, 1.82) is 0 Å². The Morgan fingerprint density at radius 3 is 1.11 bits per heavy atom. The molecule has 2 atom stereocenters. The molecule has 0 fully saturated rings. The van der Waals surface area contributed by atoms with Crippen molar-refractivity contribution in [2.75, 3.05) is 25.6 Å². The van der Waals surface area contributed by atoms with E-state index in [0.29, 0.717) is 12.5 Å². The highest BCUT2D eigenvalue weighted by Crippen LogP contribution is 2.15. The summed E-state index contributed by atoms with van der Waals surface area (Å²) in [5.41, 5.74) is 1.60. The van der Waals surface area contributed by atoms with Gasteiger partial charge in [0.25, 0.3) is 20.2 Å². The predicted molar refractivity (Wildman–Crippen MR) is 132 cm³/mol. The number of hydrogen-bond acceptors (Lipinski definition) is 10. The molecule has 12 nitrogen and oxygen atoms in total. The van der Waals surface area contributed by atoms with Gasteiger partial charge in [-0.1, -0.05) is 35.4 Å². The summed E-state index contributed by atoms with van der Waals surface area (Å²) in [5, 5.41) is 0. The molecule has 2 aromatic carbocycles. The van der Waals surface area contributed by atoms with Gasteiger partial charge in [-0.05, 0) is 38.1 Å². The molecule has 0 saturated heterocycles. The maximum absolute atomic E-state index is 12.7. The Morgan fingerprint density at radius 1 is 0.583 bits per heavy atom. The molecule has 36 heavy (non-hydrogen) atoms. The van der Waals surface area contributed by atoms with Gasteiger partial charge in [0, 0.05) is 13.1 Å². The normalized spacial score (nSPS) is 14.9. The van der Waals surface area contributed by atoms with E-state index >= 15 is 0 Å². The Morgan fingerprint density at radius 2 is 0.861 bits per heavy atom. The number of hydrogen-bond donors (Lipinski definition) is 2. The van der Waals surface area contributed by atoms with Gasteiger partial charge in [-0.25, -0.2) is 26.3 Å². The molecular formula is C20H28N2O10S4. The molecule has 2 rings (SSSR count). The Balaban J connectivity index is 2.33. The van der Waals surface area contributed by atoms with E-state index in [1.54, 1.807) is 38.1 Å². The highest BCUT2D eigenvalue weighted by atomic mass is 32.2. The highest BCUT2D eigenvalue weighted by Gasteiger charge is 2.33. The average Bonchev–Trinajstić information content (AvgIpc) is 2.73. The Bertz CT molecular complexity index is 1350. The molecule has 0 spiro atoms. The third-order valence-corrected chi connectivity index (χ3v) is 8.70. The molecule has 202 valence electrons. The molecule has 2 aromatic rings. The predicted octanol–water partition coefficient (Wildman–Crippen LogP) is 0.250. The van der Waals surface area contributed by atoms with Crippen molar-refractivity contribution < 1.29 is 42.0 Å². The lowest BCUT2D eigenvalue weighted by Crippen LogP contribution is -2.48. The molecule has 0 aliphatic carbocycles. The van der Waals surface area contributed by atoms with Gasteiger partial charge < -0.3 is 0 Å². The van der Waals surface area contributed by atoms with E-state index in [2.05, 4.69) is 9.44 Å². The smallest absolute Gasteiger partial charge is 0.263 e. The topological polar surface area (TPSA) is 179 Å². The molecule has 0 heterocycles. The zero-order chi connectivity index (χ0) is 27.4. The van der Waals surface area contributed by atoms with Crippen LogP contribution in [0.1, 0.15) is 11.1 Å². The monoisotopic (exact) mass is 584 g/mol. The van der Waals surface area contributed by atoms with Gasteiger partial charge >= 0.3 is 0 Å². The first kappa shape index (κ1) is 30.3. The van der Waals surface area contributed by atoms with Crippen molar-refractivity contribution in [2.24, 2.45) is 0 Å². The second-order valence-corrected chi connectivity index (χ2v) is 14.7. The lowest BCUT2D eigenvalue weighted by atomic mass is 10.2. The third-order valence-electron chi connectivity index (χ3n) is 4.62. The van der Waals surface area contributed by atoms with E-state index < -0.39 is 65.6 Å². The van der Waals surface area contributed by atoms with Gasteiger partial charge in [-0.15, -0.1) is 0 Å². The summed E-state index contributed by atoms with van der Waals surface area (Å²) in [6, 6.07) is 11.5. The second kappa shape index (κ2) is 11.6. The van der Waals surface area contributed by atoms with Gasteiger partial charge in [-0.3, -0.25) is 8.37 Å². The van der Waals surface area contributed by atoms with Gasteiger partial charge in [0.2, 0.25) is 20.0 Å². The first-order valence-electron chi connectivity index (χ1n) is 10.3. The van der Waals surface area contributed by atoms with Crippen LogP contribution < -0.4 is 9.44 Å². The van der Waals surface area contributed by atoms with Crippen LogP contribution in [0, 0.1) is 13.8 Å². The first-order valence-corrected chi connectivity index (χ1v) is 16.9. The zero-order valence-electron chi connectivity index (χ0n) is 19.9. The molecule has 0 saturated carbocycles. The van der Waals surface area contributed by atoms with Crippen LogP contribution in [0.15, 0.2) is 58.3 Å². The average molecular weight is 585 g/mol. The molecule has 0 aliphatic heterocycles. The quantitative estimate of drug-likeness (QED) is 0.310. The molecule has 0 aliphatic rings. The molecule has 16 heteroatoms. The minimum atomic E-state index is -4.26. The van der Waals surface area contributed by atoms with Gasteiger partial charge in [0.15, 0.2) is 0 Å². The second-order valence-electron chi connectivity index (χ2n) is 8.01. The summed E-state index contributed by atoms with van der Waals surface area (Å²) in [6.45, 7) is 2.00. The van der Waals surface area contributed by atoms with Gasteiger partial charge in [0.05, 0.1) is 22.3 Å². The van der Waals surface area contributed by atoms with Crippen molar-refractivity contribution >= 4 is 40.3 Å². The van der Waals surface area contributed by atoms with Crippen LogP contribution in [0.25, 0.3) is 0 Å². The summed E-state index contributed by atoms with van der Waals surface area (Å²) < 4.78 is 112. The van der Waals surface area contributed by atoms with E-state index in [4.69, 9.17) is 8.37 Å². The summed E-state index contributed by atoms with van der Waals surface area (Å²) in [6.07, 6.45) is -2.17. The SMILES string of the molecule is Cc1ccc(S(=O)(=O)NC[C@@H](OS(C)(=O)=O)[C@@H](CNS(=O)(=O)c2ccc(C)cc2)OS(C)(=O)=O)cc1. The molecule has 0 bridgehead atoms. The van der Waals surface area contributed by atoms with Crippen LogP contribution in [0.2, 0.25) is 0 Å². The number of rotatable bonds is 13. The highest BCUT2D eigenvalue weighted by molar-refractivity contribution is 7.89. The van der Waals surface area contributed by atoms with E-state index in [1.807, 2.05) is 0 Å². The summed E-state index contributed by atoms with van der Waals surface area (Å²) in [7, 11) is -16.8. The van der Waals surface area contributed by atoms with Crippen molar-refractivity contribution in [2.45, 2.75) is 35.8 Å². The maximum atomic E-state index is 12.7. The minimum Gasteiger partial charge on any atom is -0.263 e. The van der Waals surface area contributed by atoms with E-state index in [9.17, 15) is 33.7 Å². The van der Waals surface area contributed by atoms with Crippen molar-refractivity contribution in [3.05, 3.63) is 59.7 Å². The van der Waals surface area contributed by atoms with Crippen LogP contribution in [0.5, 0.6) is 0 Å². The molecular weight excluding hydrogens is 556 g/mol. The summed E-state index contributed by atoms with van der Waals surface area (Å²) in [4.78, 5) is -0.265. The lowest BCUT2D eigenvalue weighted by Gasteiger charge is -2.26. The van der Waals surface area contributed by atoms with Crippen molar-refractivity contribution in [3.8, 4) is 0 Å². The Labute approximate surface area is 212 Å². The fraction of sp³-hybridized carbons (Fsp3) is 0.400. The van der Waals surface area contributed by atoms with E-state index in [-0.39, 0.29) is 9.79 Å². The van der Waals surface area contributed by atoms with Crippen LogP contribution in [0.4, 0.5) is 0 Å². The van der Waals surface area contributed by atoms with Crippen LogP contribution in [0.3, 0.4) is 0 Å². The number of benzene rings is 2. The molecule has 0 unspecified atom stereocenters. The maximum Gasteiger partial charge on any atom is 0.264 e. The fourth-order valence-corrected chi connectivity index (χ4v) is 6.26. The third kappa shape index (κ3) is 9.85. The van der Waals surface area contributed by atoms with Crippen LogP contribution in [-0.4, -0.2) is 71.5 Å². The Hall–Kier alpha value is -1.92. The van der Waals surface area contributed by atoms with Gasteiger partial charge in [0.1, 0.15) is 12.2 Å². The number of nitrogens with one attached hydrogen (secondary N) is 2. The van der Waals surface area contributed by atoms with E-state index in [0.717, 1.165) is 11.1 Å². The van der Waals surface area contributed by atoms with Crippen LogP contribution >= 0.6 is 0 Å². The Kier molecular flexibility index (Phi) is 9.80. The van der Waals surface area contributed by atoms with Crippen LogP contribution in [-0.2, 0) is 48.6 Å². The summed E-state index contributed by atoms with van der Waals surface area (Å²) >= 11 is 0.